The minimum absolute atomic E-state index is 0.0206. The molecule has 1 aliphatic rings. The Kier molecular flexibility index (Phi) is 4.50. The molecule has 0 spiro atoms. The summed E-state index contributed by atoms with van der Waals surface area (Å²) in [6.07, 6.45) is 0. The maximum Gasteiger partial charge on any atom is 0.326 e. The summed E-state index contributed by atoms with van der Waals surface area (Å²) in [6.45, 7) is 2.06. The van der Waals surface area contributed by atoms with E-state index in [2.05, 4.69) is 4.74 Å². The number of nitrogen functional groups attached to an aromatic ring is 1. The van der Waals surface area contributed by atoms with E-state index >= 15 is 0 Å². The average Bonchev–Trinajstić information content (AvgIpc) is 2.45. The Morgan fingerprint density at radius 3 is 2.76 bits per heavy atom. The van der Waals surface area contributed by atoms with Gasteiger partial charge >= 0.3 is 5.97 Å². The summed E-state index contributed by atoms with van der Waals surface area (Å²) in [6, 6.07) is 3.60. The smallest absolute Gasteiger partial charge is 0.326 e. The van der Waals surface area contributed by atoms with E-state index in [1.54, 1.807) is 13.0 Å². The first kappa shape index (κ1) is 15.7. The number of carbonyl (C=O) groups is 1. The quantitative estimate of drug-likeness (QED) is 0.629. The molecule has 1 aliphatic heterocycles. The highest BCUT2D eigenvalue weighted by atomic mass is 32.2. The first-order chi connectivity index (χ1) is 9.86. The van der Waals surface area contributed by atoms with Crippen molar-refractivity contribution in [3.63, 3.8) is 0 Å². The Morgan fingerprint density at radius 1 is 1.43 bits per heavy atom. The Labute approximate surface area is 123 Å². The highest BCUT2D eigenvalue weighted by Gasteiger charge is 2.39. The SMILES string of the molecule is COC(=O)C1COCCN1S(=O)(=O)c1cc(C)cc(N)c1. The van der Waals surface area contributed by atoms with Gasteiger partial charge in [0.15, 0.2) is 0 Å². The Balaban J connectivity index is 2.42. The second-order valence-electron chi connectivity index (χ2n) is 4.81. The summed E-state index contributed by atoms with van der Waals surface area (Å²) in [5.74, 6) is -0.640. The van der Waals surface area contributed by atoms with Gasteiger partial charge in [-0.1, -0.05) is 0 Å². The summed E-state index contributed by atoms with van der Waals surface area (Å²) >= 11 is 0. The van der Waals surface area contributed by atoms with E-state index < -0.39 is 22.0 Å². The van der Waals surface area contributed by atoms with Crippen molar-refractivity contribution in [2.24, 2.45) is 0 Å². The van der Waals surface area contributed by atoms with Crippen molar-refractivity contribution in [3.8, 4) is 0 Å². The Morgan fingerprint density at radius 2 is 2.14 bits per heavy atom. The van der Waals surface area contributed by atoms with Crippen molar-refractivity contribution in [2.75, 3.05) is 32.6 Å². The summed E-state index contributed by atoms with van der Waals surface area (Å²) in [5.41, 5.74) is 6.80. The van der Waals surface area contributed by atoms with Crippen LogP contribution in [0, 0.1) is 6.92 Å². The molecule has 1 atom stereocenters. The number of anilines is 1. The zero-order valence-electron chi connectivity index (χ0n) is 11.9. The van der Waals surface area contributed by atoms with Crippen LogP contribution in [0.1, 0.15) is 5.56 Å². The van der Waals surface area contributed by atoms with Crippen LogP contribution in [-0.2, 0) is 24.3 Å². The van der Waals surface area contributed by atoms with Crippen molar-refractivity contribution in [3.05, 3.63) is 23.8 Å². The highest BCUT2D eigenvalue weighted by molar-refractivity contribution is 7.89. The topological polar surface area (TPSA) is 98.9 Å². The van der Waals surface area contributed by atoms with Crippen molar-refractivity contribution < 1.29 is 22.7 Å². The van der Waals surface area contributed by atoms with Crippen LogP contribution >= 0.6 is 0 Å². The van der Waals surface area contributed by atoms with Gasteiger partial charge in [-0.05, 0) is 30.7 Å². The van der Waals surface area contributed by atoms with Crippen LogP contribution < -0.4 is 5.73 Å². The molecule has 1 fully saturated rings. The molecule has 7 nitrogen and oxygen atoms in total. The number of ether oxygens (including phenoxy) is 2. The summed E-state index contributed by atoms with van der Waals surface area (Å²) in [4.78, 5) is 11.8. The van der Waals surface area contributed by atoms with Gasteiger partial charge in [0.05, 0.1) is 25.2 Å². The van der Waals surface area contributed by atoms with E-state index in [1.165, 1.54) is 19.2 Å². The minimum atomic E-state index is -3.84. The van der Waals surface area contributed by atoms with E-state index in [0.29, 0.717) is 5.69 Å². The monoisotopic (exact) mass is 314 g/mol. The van der Waals surface area contributed by atoms with Gasteiger partial charge in [-0.25, -0.2) is 8.42 Å². The number of benzene rings is 1. The number of nitrogens with two attached hydrogens (primary N) is 1. The lowest BCUT2D eigenvalue weighted by Gasteiger charge is -2.32. The molecule has 2 N–H and O–H groups in total. The van der Waals surface area contributed by atoms with Crippen molar-refractivity contribution >= 4 is 21.7 Å². The van der Waals surface area contributed by atoms with Gasteiger partial charge in [0.25, 0.3) is 0 Å². The van der Waals surface area contributed by atoms with Crippen LogP contribution in [0.25, 0.3) is 0 Å². The molecule has 0 amide bonds. The predicted molar refractivity (Wildman–Crippen MR) is 76.1 cm³/mol. The molecule has 0 saturated carbocycles. The number of hydrogen-bond donors (Lipinski definition) is 1. The van der Waals surface area contributed by atoms with Gasteiger partial charge in [-0.15, -0.1) is 0 Å². The number of nitrogens with zero attached hydrogens (tertiary/aromatic N) is 1. The fourth-order valence-corrected chi connectivity index (χ4v) is 3.95. The third kappa shape index (κ3) is 3.17. The van der Waals surface area contributed by atoms with E-state index in [1.807, 2.05) is 0 Å². The molecule has 0 bridgehead atoms. The standard InChI is InChI=1S/C13H18N2O5S/c1-9-5-10(14)7-11(6-9)21(17,18)15-3-4-20-8-12(15)13(16)19-2/h5-7,12H,3-4,8,14H2,1-2H3. The number of rotatable bonds is 3. The number of aryl methyl sites for hydroxylation is 1. The van der Waals surface area contributed by atoms with Crippen LogP contribution in [0.15, 0.2) is 23.1 Å². The number of morpholine rings is 1. The van der Waals surface area contributed by atoms with Gasteiger partial charge in [0.1, 0.15) is 6.04 Å². The van der Waals surface area contributed by atoms with Crippen molar-refractivity contribution in [1.29, 1.82) is 0 Å². The maximum atomic E-state index is 12.7. The second kappa shape index (κ2) is 6.00. The van der Waals surface area contributed by atoms with Crippen LogP contribution in [0.2, 0.25) is 0 Å². The van der Waals surface area contributed by atoms with Gasteiger partial charge in [-0.3, -0.25) is 4.79 Å². The van der Waals surface area contributed by atoms with E-state index in [0.717, 1.165) is 9.87 Å². The second-order valence-corrected chi connectivity index (χ2v) is 6.70. The van der Waals surface area contributed by atoms with E-state index in [9.17, 15) is 13.2 Å². The lowest BCUT2D eigenvalue weighted by Crippen LogP contribution is -2.52. The lowest BCUT2D eigenvalue weighted by atomic mass is 10.2. The van der Waals surface area contributed by atoms with Crippen LogP contribution in [0.4, 0.5) is 5.69 Å². The van der Waals surface area contributed by atoms with Crippen LogP contribution in [-0.4, -0.2) is 51.6 Å². The van der Waals surface area contributed by atoms with Crippen molar-refractivity contribution in [2.45, 2.75) is 17.9 Å². The number of sulfonamides is 1. The third-order valence-corrected chi connectivity index (χ3v) is 5.12. The zero-order valence-corrected chi connectivity index (χ0v) is 12.7. The number of carbonyl (C=O) groups excluding carboxylic acids is 1. The number of esters is 1. The number of hydrogen-bond acceptors (Lipinski definition) is 6. The predicted octanol–water partition coefficient (Wildman–Crippen LogP) is 0.140. The van der Waals surface area contributed by atoms with Gasteiger partial charge < -0.3 is 15.2 Å². The molecule has 1 heterocycles. The molecule has 116 valence electrons. The van der Waals surface area contributed by atoms with E-state index in [-0.39, 0.29) is 24.7 Å². The Bertz CT molecular complexity index is 624. The minimum Gasteiger partial charge on any atom is -0.468 e. The number of methoxy groups -OCH3 is 1. The molecule has 1 saturated heterocycles. The Hall–Kier alpha value is -1.64. The normalized spacial score (nSPS) is 20.2. The molecule has 1 unspecified atom stereocenters. The third-order valence-electron chi connectivity index (χ3n) is 3.23. The van der Waals surface area contributed by atoms with Gasteiger partial charge in [0.2, 0.25) is 10.0 Å². The molecule has 1 aromatic carbocycles. The molecule has 0 aliphatic carbocycles. The first-order valence-electron chi connectivity index (χ1n) is 6.41. The maximum absolute atomic E-state index is 12.7. The zero-order chi connectivity index (χ0) is 15.6. The molecule has 8 heteroatoms. The van der Waals surface area contributed by atoms with Gasteiger partial charge in [-0.2, -0.15) is 4.31 Å². The first-order valence-corrected chi connectivity index (χ1v) is 7.85. The molecule has 0 radical (unpaired) electrons. The van der Waals surface area contributed by atoms with E-state index in [4.69, 9.17) is 10.5 Å². The molecule has 21 heavy (non-hydrogen) atoms. The molecule has 2 rings (SSSR count). The summed E-state index contributed by atoms with van der Waals surface area (Å²) in [5, 5.41) is 0. The lowest BCUT2D eigenvalue weighted by molar-refractivity contribution is -0.149. The fraction of sp³-hybridized carbons (Fsp3) is 0.462. The largest absolute Gasteiger partial charge is 0.468 e. The highest BCUT2D eigenvalue weighted by Crippen LogP contribution is 2.24. The van der Waals surface area contributed by atoms with Gasteiger partial charge in [0, 0.05) is 12.2 Å². The van der Waals surface area contributed by atoms with Crippen LogP contribution in [0.5, 0.6) is 0 Å². The molecular formula is C13H18N2O5S. The molecule has 0 aromatic heterocycles. The molecular weight excluding hydrogens is 296 g/mol. The summed E-state index contributed by atoms with van der Waals surface area (Å²) < 4.78 is 36.4. The molecule has 1 aromatic rings. The van der Waals surface area contributed by atoms with Crippen molar-refractivity contribution in [1.82, 2.24) is 4.31 Å². The fourth-order valence-electron chi connectivity index (χ4n) is 2.26. The summed E-state index contributed by atoms with van der Waals surface area (Å²) in [7, 11) is -2.62. The van der Waals surface area contributed by atoms with Crippen LogP contribution in [0.3, 0.4) is 0 Å². The average molecular weight is 314 g/mol.